The third-order valence-electron chi connectivity index (χ3n) is 5.41. The van der Waals surface area contributed by atoms with Crippen molar-refractivity contribution in [3.05, 3.63) is 48.0 Å². The Morgan fingerprint density at radius 1 is 1.18 bits per heavy atom. The molecule has 2 N–H and O–H groups in total. The number of halogens is 1. The molecule has 148 valence electrons. The minimum absolute atomic E-state index is 0. The standard InChI is InChI=1S/C21H23N3O2S.ClH/c1-27-16-9-7-15(8-10-16)24-13-14(12-20(24)25)21(26)23-11-3-4-17-18(22)5-2-6-19(17)23;/h2,5-10,14H,3-4,11-13,22H2,1H3;1H. The van der Waals surface area contributed by atoms with Crippen LogP contribution in [0.4, 0.5) is 17.1 Å². The predicted molar refractivity (Wildman–Crippen MR) is 117 cm³/mol. The third-order valence-corrected chi connectivity index (χ3v) is 6.15. The van der Waals surface area contributed by atoms with E-state index in [-0.39, 0.29) is 36.6 Å². The Labute approximate surface area is 175 Å². The molecule has 1 fully saturated rings. The fourth-order valence-corrected chi connectivity index (χ4v) is 4.39. The number of hydrogen-bond acceptors (Lipinski definition) is 4. The molecule has 5 nitrogen and oxygen atoms in total. The van der Waals surface area contributed by atoms with Gasteiger partial charge in [0, 0.05) is 41.5 Å². The van der Waals surface area contributed by atoms with Crippen molar-refractivity contribution in [1.29, 1.82) is 0 Å². The van der Waals surface area contributed by atoms with Crippen molar-refractivity contribution in [2.75, 3.05) is 34.9 Å². The average molecular weight is 418 g/mol. The molecule has 2 aliphatic heterocycles. The molecule has 2 heterocycles. The Kier molecular flexibility index (Phi) is 6.20. The van der Waals surface area contributed by atoms with Gasteiger partial charge in [0.05, 0.1) is 5.92 Å². The molecule has 0 aliphatic carbocycles. The van der Waals surface area contributed by atoms with Crippen molar-refractivity contribution < 1.29 is 9.59 Å². The highest BCUT2D eigenvalue weighted by atomic mass is 35.5. The van der Waals surface area contributed by atoms with Crippen LogP contribution in [0, 0.1) is 5.92 Å². The molecule has 1 unspecified atom stereocenters. The first-order valence-electron chi connectivity index (χ1n) is 9.21. The molecule has 2 aromatic carbocycles. The van der Waals surface area contributed by atoms with E-state index >= 15 is 0 Å². The zero-order valence-electron chi connectivity index (χ0n) is 15.8. The van der Waals surface area contributed by atoms with Gasteiger partial charge >= 0.3 is 0 Å². The van der Waals surface area contributed by atoms with Crippen LogP contribution >= 0.6 is 24.2 Å². The van der Waals surface area contributed by atoms with Crippen LogP contribution in [-0.4, -0.2) is 31.2 Å². The molecule has 0 radical (unpaired) electrons. The number of amides is 2. The van der Waals surface area contributed by atoms with Gasteiger partial charge in [-0.15, -0.1) is 24.2 Å². The number of rotatable bonds is 3. The number of carbonyl (C=O) groups excluding carboxylic acids is 2. The van der Waals surface area contributed by atoms with Crippen molar-refractivity contribution in [2.45, 2.75) is 24.2 Å². The monoisotopic (exact) mass is 417 g/mol. The molecule has 7 heteroatoms. The molecule has 1 saturated heterocycles. The van der Waals surface area contributed by atoms with Gasteiger partial charge in [0.15, 0.2) is 0 Å². The van der Waals surface area contributed by atoms with E-state index < -0.39 is 0 Å². The minimum atomic E-state index is -0.315. The molecule has 0 bridgehead atoms. The molecule has 0 spiro atoms. The van der Waals surface area contributed by atoms with E-state index in [0.29, 0.717) is 13.1 Å². The number of nitrogen functional groups attached to an aromatic ring is 1. The van der Waals surface area contributed by atoms with Gasteiger partial charge in [-0.25, -0.2) is 0 Å². The summed E-state index contributed by atoms with van der Waals surface area (Å²) < 4.78 is 0. The molecule has 0 aromatic heterocycles. The first-order chi connectivity index (χ1) is 13.1. The Balaban J connectivity index is 0.00000225. The molecule has 4 rings (SSSR count). The lowest BCUT2D eigenvalue weighted by molar-refractivity contribution is -0.124. The van der Waals surface area contributed by atoms with E-state index in [0.717, 1.165) is 40.4 Å². The second-order valence-corrected chi connectivity index (χ2v) is 7.92. The van der Waals surface area contributed by atoms with Crippen molar-refractivity contribution in [3.8, 4) is 0 Å². The van der Waals surface area contributed by atoms with Crippen LogP contribution in [0.25, 0.3) is 0 Å². The van der Waals surface area contributed by atoms with E-state index in [4.69, 9.17) is 5.73 Å². The van der Waals surface area contributed by atoms with Crippen LogP contribution < -0.4 is 15.5 Å². The summed E-state index contributed by atoms with van der Waals surface area (Å²) >= 11 is 1.67. The van der Waals surface area contributed by atoms with Crippen molar-refractivity contribution in [2.24, 2.45) is 5.92 Å². The van der Waals surface area contributed by atoms with Crippen LogP contribution in [0.15, 0.2) is 47.4 Å². The number of fused-ring (bicyclic) bond motifs is 1. The summed E-state index contributed by atoms with van der Waals surface area (Å²) in [5, 5.41) is 0. The largest absolute Gasteiger partial charge is 0.398 e. The van der Waals surface area contributed by atoms with Crippen LogP contribution in [0.5, 0.6) is 0 Å². The summed E-state index contributed by atoms with van der Waals surface area (Å²) in [7, 11) is 0. The number of nitrogens with zero attached hydrogens (tertiary/aromatic N) is 2. The SMILES string of the molecule is CSc1ccc(N2CC(C(=O)N3CCCc4c(N)cccc43)CC2=O)cc1.Cl. The second kappa shape index (κ2) is 8.45. The summed E-state index contributed by atoms with van der Waals surface area (Å²) in [5.74, 6) is -0.279. The van der Waals surface area contributed by atoms with E-state index in [1.807, 2.05) is 53.6 Å². The van der Waals surface area contributed by atoms with Crippen LogP contribution in [0.3, 0.4) is 0 Å². The minimum Gasteiger partial charge on any atom is -0.398 e. The fraction of sp³-hybridized carbons (Fsp3) is 0.333. The molecule has 2 aliphatic rings. The number of benzene rings is 2. The Morgan fingerprint density at radius 2 is 1.93 bits per heavy atom. The van der Waals surface area contributed by atoms with Crippen molar-refractivity contribution >= 4 is 53.0 Å². The van der Waals surface area contributed by atoms with Gasteiger partial charge in [-0.1, -0.05) is 6.07 Å². The lowest BCUT2D eigenvalue weighted by Crippen LogP contribution is -2.40. The zero-order valence-corrected chi connectivity index (χ0v) is 17.4. The maximum atomic E-state index is 13.2. The highest BCUT2D eigenvalue weighted by molar-refractivity contribution is 7.98. The van der Waals surface area contributed by atoms with E-state index in [2.05, 4.69) is 0 Å². The quantitative estimate of drug-likeness (QED) is 0.610. The Hall–Kier alpha value is -2.18. The maximum absolute atomic E-state index is 13.2. The van der Waals surface area contributed by atoms with Crippen LogP contribution in [0.1, 0.15) is 18.4 Å². The van der Waals surface area contributed by atoms with Crippen LogP contribution in [0.2, 0.25) is 0 Å². The molecule has 2 aromatic rings. The highest BCUT2D eigenvalue weighted by Gasteiger charge is 2.38. The molecule has 28 heavy (non-hydrogen) atoms. The topological polar surface area (TPSA) is 66.6 Å². The zero-order chi connectivity index (χ0) is 19.0. The second-order valence-electron chi connectivity index (χ2n) is 7.04. The number of thioether (sulfide) groups is 1. The van der Waals surface area contributed by atoms with Gasteiger partial charge in [0.25, 0.3) is 0 Å². The Morgan fingerprint density at radius 3 is 2.64 bits per heavy atom. The van der Waals surface area contributed by atoms with Crippen molar-refractivity contribution in [1.82, 2.24) is 0 Å². The summed E-state index contributed by atoms with van der Waals surface area (Å²) in [6.45, 7) is 1.12. The normalized spacial score (nSPS) is 18.6. The van der Waals surface area contributed by atoms with Gasteiger partial charge in [-0.2, -0.15) is 0 Å². The number of hydrogen-bond donors (Lipinski definition) is 1. The summed E-state index contributed by atoms with van der Waals surface area (Å²) in [5.41, 5.74) is 9.65. The molecule has 1 atom stereocenters. The first kappa shape index (κ1) is 20.6. The molecular formula is C21H24ClN3O2S. The van der Waals surface area contributed by atoms with E-state index in [9.17, 15) is 9.59 Å². The van der Waals surface area contributed by atoms with Gasteiger partial charge in [0.1, 0.15) is 0 Å². The summed E-state index contributed by atoms with van der Waals surface area (Å²) in [6.07, 6.45) is 4.07. The number of carbonyl (C=O) groups is 2. The van der Waals surface area contributed by atoms with Gasteiger partial charge in [-0.3, -0.25) is 9.59 Å². The third kappa shape index (κ3) is 3.71. The van der Waals surface area contributed by atoms with Gasteiger partial charge in [-0.05, 0) is 61.1 Å². The smallest absolute Gasteiger partial charge is 0.232 e. The first-order valence-corrected chi connectivity index (χ1v) is 10.4. The summed E-state index contributed by atoms with van der Waals surface area (Å²) in [6, 6.07) is 13.6. The lowest BCUT2D eigenvalue weighted by Gasteiger charge is -2.32. The number of anilines is 3. The predicted octanol–water partition coefficient (Wildman–Crippen LogP) is 3.74. The van der Waals surface area contributed by atoms with E-state index in [1.165, 1.54) is 0 Å². The van der Waals surface area contributed by atoms with Gasteiger partial charge in [0.2, 0.25) is 11.8 Å². The molecule has 0 saturated carbocycles. The lowest BCUT2D eigenvalue weighted by atomic mass is 9.97. The average Bonchev–Trinajstić information content (AvgIpc) is 3.09. The Bertz CT molecular complexity index is 888. The highest BCUT2D eigenvalue weighted by Crippen LogP contribution is 2.34. The summed E-state index contributed by atoms with van der Waals surface area (Å²) in [4.78, 5) is 30.5. The van der Waals surface area contributed by atoms with Crippen molar-refractivity contribution in [3.63, 3.8) is 0 Å². The number of nitrogens with two attached hydrogens (primary N) is 1. The molecule has 2 amide bonds. The maximum Gasteiger partial charge on any atom is 0.232 e. The van der Waals surface area contributed by atoms with Crippen LogP contribution in [-0.2, 0) is 16.0 Å². The fourth-order valence-electron chi connectivity index (χ4n) is 3.99. The molecular weight excluding hydrogens is 394 g/mol. The van der Waals surface area contributed by atoms with E-state index in [1.54, 1.807) is 16.7 Å². The van der Waals surface area contributed by atoms with Gasteiger partial charge < -0.3 is 15.5 Å².